The highest BCUT2D eigenvalue weighted by Gasteiger charge is 2.37. The fourth-order valence-electron chi connectivity index (χ4n) is 4.75. The minimum Gasteiger partial charge on any atom is -0.497 e. The first-order valence-corrected chi connectivity index (χ1v) is 14.3. The standard InChI is InChI=1S/C31H32FN5O3S/c1-35(2)18-17-33-26(38)19-36-27(39)20-41-30(22-9-11-23(32)12-10-22)28-29(21-7-5-4-6-8-21)34-37(31(28)36)24-13-15-25(40-3)16-14-24/h4-16,30H,17-20H2,1-3H3,(H,33,38)/t30-/m0/s1. The molecule has 1 atom stereocenters. The van der Waals surface area contributed by atoms with E-state index in [1.807, 2.05) is 73.6 Å². The second-order valence-corrected chi connectivity index (χ2v) is 11.0. The zero-order valence-electron chi connectivity index (χ0n) is 23.2. The van der Waals surface area contributed by atoms with Crippen molar-refractivity contribution in [3.05, 3.63) is 95.8 Å². The molecule has 5 rings (SSSR count). The van der Waals surface area contributed by atoms with Crippen LogP contribution in [0, 0.1) is 5.82 Å². The topological polar surface area (TPSA) is 79.7 Å². The third-order valence-corrected chi connectivity index (χ3v) is 8.06. The molecular formula is C31H32FN5O3S. The van der Waals surface area contributed by atoms with Crippen LogP contribution in [0.15, 0.2) is 78.9 Å². The van der Waals surface area contributed by atoms with Gasteiger partial charge in [-0.1, -0.05) is 42.5 Å². The summed E-state index contributed by atoms with van der Waals surface area (Å²) in [5.74, 6) is 0.526. The van der Waals surface area contributed by atoms with Crippen LogP contribution in [0.3, 0.4) is 0 Å². The highest BCUT2D eigenvalue weighted by molar-refractivity contribution is 8.00. The van der Waals surface area contributed by atoms with Gasteiger partial charge in [0.25, 0.3) is 0 Å². The molecule has 1 aliphatic rings. The zero-order chi connectivity index (χ0) is 28.9. The van der Waals surface area contributed by atoms with Crippen LogP contribution in [-0.2, 0) is 9.59 Å². The summed E-state index contributed by atoms with van der Waals surface area (Å²) < 4.78 is 21.0. The van der Waals surface area contributed by atoms with Crippen molar-refractivity contribution < 1.29 is 18.7 Å². The number of hydrogen-bond donors (Lipinski definition) is 1. The minimum atomic E-state index is -0.336. The molecule has 0 saturated carbocycles. The maximum absolute atomic E-state index is 13.9. The zero-order valence-corrected chi connectivity index (χ0v) is 24.0. The molecule has 8 nitrogen and oxygen atoms in total. The van der Waals surface area contributed by atoms with Crippen LogP contribution in [0.4, 0.5) is 10.2 Å². The highest BCUT2D eigenvalue weighted by atomic mass is 32.2. The number of methoxy groups -OCH3 is 1. The van der Waals surface area contributed by atoms with Crippen molar-refractivity contribution in [3.63, 3.8) is 0 Å². The Morgan fingerprint density at radius 1 is 1.07 bits per heavy atom. The van der Waals surface area contributed by atoms with E-state index in [1.54, 1.807) is 23.9 Å². The molecule has 3 aromatic carbocycles. The number of thioether (sulfide) groups is 1. The predicted octanol–water partition coefficient (Wildman–Crippen LogP) is 4.53. The Kier molecular flexibility index (Phi) is 8.70. The van der Waals surface area contributed by atoms with Crippen molar-refractivity contribution in [2.45, 2.75) is 5.25 Å². The van der Waals surface area contributed by atoms with Gasteiger partial charge in [-0.3, -0.25) is 14.5 Å². The molecular weight excluding hydrogens is 541 g/mol. The van der Waals surface area contributed by atoms with Crippen molar-refractivity contribution in [1.29, 1.82) is 0 Å². The van der Waals surface area contributed by atoms with Gasteiger partial charge in [0.1, 0.15) is 23.9 Å². The summed E-state index contributed by atoms with van der Waals surface area (Å²) in [6, 6.07) is 23.5. The number of halogens is 1. The molecule has 41 heavy (non-hydrogen) atoms. The Balaban J connectivity index is 1.71. The lowest BCUT2D eigenvalue weighted by atomic mass is 9.99. The van der Waals surface area contributed by atoms with Crippen LogP contribution in [0.2, 0.25) is 0 Å². The van der Waals surface area contributed by atoms with Gasteiger partial charge in [0.15, 0.2) is 0 Å². The molecule has 2 heterocycles. The minimum absolute atomic E-state index is 0.137. The fourth-order valence-corrected chi connectivity index (χ4v) is 5.95. The number of likely N-dealkylation sites (N-methyl/N-ethyl adjacent to an activating group) is 1. The van der Waals surface area contributed by atoms with Crippen LogP contribution in [0.1, 0.15) is 16.4 Å². The molecule has 0 bridgehead atoms. The monoisotopic (exact) mass is 573 g/mol. The van der Waals surface area contributed by atoms with Gasteiger partial charge in [0, 0.05) is 24.2 Å². The van der Waals surface area contributed by atoms with Crippen molar-refractivity contribution in [3.8, 4) is 22.7 Å². The summed E-state index contributed by atoms with van der Waals surface area (Å²) in [6.07, 6.45) is 0. The Hall–Kier alpha value is -4.15. The smallest absolute Gasteiger partial charge is 0.240 e. The SMILES string of the molecule is COc1ccc(-n2nc(-c3ccccc3)c3c2N(CC(=O)NCCN(C)C)C(=O)CS[C@H]3c2ccc(F)cc2)cc1. The number of hydrogen-bond acceptors (Lipinski definition) is 6. The summed E-state index contributed by atoms with van der Waals surface area (Å²) in [6.45, 7) is 0.974. The summed E-state index contributed by atoms with van der Waals surface area (Å²) in [5.41, 5.74) is 3.89. The number of benzene rings is 3. The molecule has 212 valence electrons. The first kappa shape index (κ1) is 28.4. The van der Waals surface area contributed by atoms with Crippen molar-refractivity contribution >= 4 is 29.4 Å². The number of fused-ring (bicyclic) bond motifs is 1. The van der Waals surface area contributed by atoms with E-state index in [9.17, 15) is 14.0 Å². The Bertz CT molecular complexity index is 1510. The molecule has 1 aromatic heterocycles. The van der Waals surface area contributed by atoms with E-state index in [1.165, 1.54) is 28.8 Å². The molecule has 1 N–H and O–H groups in total. The third kappa shape index (κ3) is 6.28. The maximum Gasteiger partial charge on any atom is 0.240 e. The molecule has 0 unspecified atom stereocenters. The van der Waals surface area contributed by atoms with Gasteiger partial charge in [-0.25, -0.2) is 9.07 Å². The van der Waals surface area contributed by atoms with Gasteiger partial charge in [-0.2, -0.15) is 5.10 Å². The molecule has 0 fully saturated rings. The number of amides is 2. The normalized spacial score (nSPS) is 15.0. The average Bonchev–Trinajstić information content (AvgIpc) is 3.30. The van der Waals surface area contributed by atoms with E-state index < -0.39 is 0 Å². The van der Waals surface area contributed by atoms with Crippen molar-refractivity contribution in [1.82, 2.24) is 20.0 Å². The van der Waals surface area contributed by atoms with Gasteiger partial charge in [0.2, 0.25) is 11.8 Å². The van der Waals surface area contributed by atoms with Crippen LogP contribution in [0.25, 0.3) is 16.9 Å². The fraction of sp³-hybridized carbons (Fsp3) is 0.258. The second kappa shape index (κ2) is 12.6. The molecule has 2 amide bonds. The lowest BCUT2D eigenvalue weighted by Gasteiger charge is -2.23. The van der Waals surface area contributed by atoms with Gasteiger partial charge in [0.05, 0.1) is 29.5 Å². The molecule has 0 spiro atoms. The maximum atomic E-state index is 13.9. The number of carbonyl (C=O) groups excluding carboxylic acids is 2. The Morgan fingerprint density at radius 3 is 2.44 bits per heavy atom. The number of rotatable bonds is 9. The van der Waals surface area contributed by atoms with Crippen LogP contribution >= 0.6 is 11.8 Å². The molecule has 10 heteroatoms. The van der Waals surface area contributed by atoms with E-state index in [2.05, 4.69) is 5.32 Å². The third-order valence-electron chi connectivity index (χ3n) is 6.81. The van der Waals surface area contributed by atoms with E-state index in [0.29, 0.717) is 36.0 Å². The number of nitrogens with one attached hydrogen (secondary N) is 1. The molecule has 0 aliphatic carbocycles. The Morgan fingerprint density at radius 2 is 1.78 bits per heavy atom. The Labute approximate surface area is 243 Å². The number of aromatic nitrogens is 2. The number of anilines is 1. The summed E-state index contributed by atoms with van der Waals surface area (Å²) in [4.78, 5) is 30.4. The van der Waals surface area contributed by atoms with E-state index >= 15 is 0 Å². The van der Waals surface area contributed by atoms with Crippen LogP contribution < -0.4 is 15.0 Å². The van der Waals surface area contributed by atoms with Gasteiger partial charge in [-0.15, -0.1) is 11.8 Å². The van der Waals surface area contributed by atoms with Crippen molar-refractivity contribution in [2.24, 2.45) is 0 Å². The van der Waals surface area contributed by atoms with Gasteiger partial charge in [-0.05, 0) is 56.1 Å². The van der Waals surface area contributed by atoms with Gasteiger partial charge >= 0.3 is 0 Å². The van der Waals surface area contributed by atoms with Crippen LogP contribution in [-0.4, -0.2) is 73.1 Å². The largest absolute Gasteiger partial charge is 0.497 e. The quantitative estimate of drug-likeness (QED) is 0.317. The van der Waals surface area contributed by atoms with Gasteiger partial charge < -0.3 is 15.0 Å². The predicted molar refractivity (Wildman–Crippen MR) is 160 cm³/mol. The summed E-state index contributed by atoms with van der Waals surface area (Å²) in [7, 11) is 5.46. The van der Waals surface area contributed by atoms with E-state index in [-0.39, 0.29) is 35.2 Å². The molecule has 0 radical (unpaired) electrons. The molecule has 1 aliphatic heterocycles. The second-order valence-electron chi connectivity index (χ2n) is 9.94. The highest BCUT2D eigenvalue weighted by Crippen LogP contribution is 2.48. The number of carbonyl (C=O) groups is 2. The number of ether oxygens (including phenoxy) is 1. The lowest BCUT2D eigenvalue weighted by Crippen LogP contribution is -2.43. The summed E-state index contributed by atoms with van der Waals surface area (Å²) in [5, 5.41) is 7.65. The molecule has 0 saturated heterocycles. The van der Waals surface area contributed by atoms with E-state index in [0.717, 1.165) is 16.7 Å². The van der Waals surface area contributed by atoms with Crippen LogP contribution in [0.5, 0.6) is 5.75 Å². The van der Waals surface area contributed by atoms with E-state index in [4.69, 9.17) is 9.84 Å². The first-order valence-electron chi connectivity index (χ1n) is 13.3. The lowest BCUT2D eigenvalue weighted by molar-refractivity contribution is -0.122. The molecule has 4 aromatic rings. The van der Waals surface area contributed by atoms with Crippen molar-refractivity contribution in [2.75, 3.05) is 51.5 Å². The average molecular weight is 574 g/mol. The summed E-state index contributed by atoms with van der Waals surface area (Å²) >= 11 is 1.44. The first-order chi connectivity index (χ1) is 19.9. The number of nitrogens with zero attached hydrogens (tertiary/aromatic N) is 4.